The van der Waals surface area contributed by atoms with Crippen molar-refractivity contribution in [3.8, 4) is 11.5 Å². The molecule has 1 aromatic carbocycles. The molecule has 2 aromatic rings. The summed E-state index contributed by atoms with van der Waals surface area (Å²) in [6.07, 6.45) is 2.21. The maximum atomic E-state index is 5.39. The molecular formula is C12H14N2O2. The second-order valence-corrected chi connectivity index (χ2v) is 3.95. The molecule has 0 fully saturated rings. The van der Waals surface area contributed by atoms with Crippen LogP contribution >= 0.6 is 0 Å². The normalized spacial score (nSPS) is 14.1. The van der Waals surface area contributed by atoms with Gasteiger partial charge >= 0.3 is 0 Å². The monoisotopic (exact) mass is 218 g/mol. The molecular weight excluding hydrogens is 204 g/mol. The van der Waals surface area contributed by atoms with Crippen molar-refractivity contribution in [3.05, 3.63) is 18.0 Å². The van der Waals surface area contributed by atoms with Crippen LogP contribution in [0.1, 0.15) is 12.2 Å². The average molecular weight is 218 g/mol. The number of methoxy groups -OCH3 is 2. The smallest absolute Gasteiger partial charge is 0.146 e. The van der Waals surface area contributed by atoms with Gasteiger partial charge in [0.25, 0.3) is 0 Å². The van der Waals surface area contributed by atoms with Gasteiger partial charge in [-0.2, -0.15) is 0 Å². The van der Waals surface area contributed by atoms with Crippen LogP contribution in [0.2, 0.25) is 0 Å². The Bertz CT molecular complexity index is 545. The van der Waals surface area contributed by atoms with E-state index in [9.17, 15) is 0 Å². The highest BCUT2D eigenvalue weighted by molar-refractivity contribution is 5.88. The Hall–Kier alpha value is -1.71. The van der Waals surface area contributed by atoms with E-state index in [1.165, 1.54) is 6.42 Å². The topological polar surface area (TPSA) is 36.3 Å². The zero-order valence-electron chi connectivity index (χ0n) is 9.49. The van der Waals surface area contributed by atoms with Gasteiger partial charge < -0.3 is 14.0 Å². The lowest BCUT2D eigenvalue weighted by atomic mass is 10.2. The largest absolute Gasteiger partial charge is 0.494 e. The zero-order valence-corrected chi connectivity index (χ0v) is 9.49. The fourth-order valence-electron chi connectivity index (χ4n) is 2.39. The predicted octanol–water partition coefficient (Wildman–Crippen LogP) is 2.00. The molecule has 0 amide bonds. The molecule has 84 valence electrons. The molecule has 0 unspecified atom stereocenters. The maximum Gasteiger partial charge on any atom is 0.146 e. The number of hydrogen-bond donors (Lipinski definition) is 0. The Morgan fingerprint density at radius 3 is 2.69 bits per heavy atom. The van der Waals surface area contributed by atoms with Gasteiger partial charge in [0.2, 0.25) is 0 Å². The fourth-order valence-corrected chi connectivity index (χ4v) is 2.39. The van der Waals surface area contributed by atoms with Crippen molar-refractivity contribution in [2.24, 2.45) is 0 Å². The first-order valence-corrected chi connectivity index (χ1v) is 5.45. The van der Waals surface area contributed by atoms with E-state index in [0.717, 1.165) is 41.3 Å². The molecule has 4 nitrogen and oxygen atoms in total. The lowest BCUT2D eigenvalue weighted by molar-refractivity contribution is 0.408. The maximum absolute atomic E-state index is 5.39. The number of hydrogen-bond acceptors (Lipinski definition) is 3. The van der Waals surface area contributed by atoms with E-state index in [1.807, 2.05) is 12.1 Å². The highest BCUT2D eigenvalue weighted by atomic mass is 16.5. The molecule has 0 spiro atoms. The molecule has 0 atom stereocenters. The summed E-state index contributed by atoms with van der Waals surface area (Å²) in [6, 6.07) is 3.85. The molecule has 4 heteroatoms. The molecule has 0 saturated carbocycles. The molecule has 0 saturated heterocycles. The SMILES string of the molecule is COc1ccc(OC)c2c1nc1n2CCC1. The Labute approximate surface area is 93.8 Å². The number of aryl methyl sites for hydroxylation is 2. The van der Waals surface area contributed by atoms with Crippen LogP contribution in [0, 0.1) is 0 Å². The Morgan fingerprint density at radius 2 is 1.94 bits per heavy atom. The fraction of sp³-hybridized carbons (Fsp3) is 0.417. The van der Waals surface area contributed by atoms with Crippen molar-refractivity contribution in [3.63, 3.8) is 0 Å². The zero-order chi connectivity index (χ0) is 11.1. The van der Waals surface area contributed by atoms with E-state index in [0.29, 0.717) is 0 Å². The summed E-state index contributed by atoms with van der Waals surface area (Å²) in [5.41, 5.74) is 1.98. The molecule has 16 heavy (non-hydrogen) atoms. The Kier molecular flexibility index (Phi) is 2.02. The summed E-state index contributed by atoms with van der Waals surface area (Å²) in [6.45, 7) is 1.02. The van der Waals surface area contributed by atoms with Crippen molar-refractivity contribution in [2.75, 3.05) is 14.2 Å². The minimum absolute atomic E-state index is 0.817. The van der Waals surface area contributed by atoms with Gasteiger partial charge in [0.05, 0.1) is 14.2 Å². The predicted molar refractivity (Wildman–Crippen MR) is 61.2 cm³/mol. The van der Waals surface area contributed by atoms with Crippen molar-refractivity contribution in [2.45, 2.75) is 19.4 Å². The van der Waals surface area contributed by atoms with Gasteiger partial charge in [-0.25, -0.2) is 4.98 Å². The van der Waals surface area contributed by atoms with E-state index < -0.39 is 0 Å². The quantitative estimate of drug-likeness (QED) is 0.773. The van der Waals surface area contributed by atoms with Crippen LogP contribution in [0.3, 0.4) is 0 Å². The third kappa shape index (κ3) is 1.13. The van der Waals surface area contributed by atoms with Crippen molar-refractivity contribution >= 4 is 11.0 Å². The van der Waals surface area contributed by atoms with Gasteiger partial charge in [0.15, 0.2) is 0 Å². The first-order chi connectivity index (χ1) is 7.85. The van der Waals surface area contributed by atoms with Gasteiger partial charge in [0, 0.05) is 13.0 Å². The van der Waals surface area contributed by atoms with Gasteiger partial charge in [-0.3, -0.25) is 0 Å². The standard InChI is InChI=1S/C12H14N2O2/c1-15-8-5-6-9(16-2)12-11(8)13-10-4-3-7-14(10)12/h5-6H,3-4,7H2,1-2H3. The number of ether oxygens (including phenoxy) is 2. The first kappa shape index (κ1) is 9.51. The van der Waals surface area contributed by atoms with Crippen LogP contribution in [0.25, 0.3) is 11.0 Å². The summed E-state index contributed by atoms with van der Waals surface area (Å²) in [7, 11) is 3.36. The highest BCUT2D eigenvalue weighted by Crippen LogP contribution is 2.35. The minimum Gasteiger partial charge on any atom is -0.494 e. The molecule has 0 radical (unpaired) electrons. The molecule has 1 aliphatic heterocycles. The average Bonchev–Trinajstić information content (AvgIpc) is 2.87. The third-order valence-corrected chi connectivity index (χ3v) is 3.12. The number of rotatable bonds is 2. The molecule has 3 rings (SSSR count). The minimum atomic E-state index is 0.817. The summed E-state index contributed by atoms with van der Waals surface area (Å²) >= 11 is 0. The van der Waals surface area contributed by atoms with Crippen molar-refractivity contribution in [1.82, 2.24) is 9.55 Å². The van der Waals surface area contributed by atoms with E-state index in [1.54, 1.807) is 14.2 Å². The Morgan fingerprint density at radius 1 is 1.19 bits per heavy atom. The second kappa shape index (κ2) is 3.40. The van der Waals surface area contributed by atoms with E-state index in [2.05, 4.69) is 9.55 Å². The lowest BCUT2D eigenvalue weighted by Gasteiger charge is -2.07. The van der Waals surface area contributed by atoms with Crippen molar-refractivity contribution < 1.29 is 9.47 Å². The molecule has 1 aromatic heterocycles. The van der Waals surface area contributed by atoms with Gasteiger partial charge in [0.1, 0.15) is 28.4 Å². The number of imidazole rings is 1. The number of nitrogens with zero attached hydrogens (tertiary/aromatic N) is 2. The van der Waals surface area contributed by atoms with Gasteiger partial charge in [-0.15, -0.1) is 0 Å². The van der Waals surface area contributed by atoms with Crippen LogP contribution in [0.15, 0.2) is 12.1 Å². The van der Waals surface area contributed by atoms with E-state index >= 15 is 0 Å². The summed E-state index contributed by atoms with van der Waals surface area (Å²) in [5.74, 6) is 2.83. The molecule has 0 N–H and O–H groups in total. The summed E-state index contributed by atoms with van der Waals surface area (Å²) in [4.78, 5) is 4.63. The Balaban J connectivity index is 2.37. The van der Waals surface area contributed by atoms with Crippen molar-refractivity contribution in [1.29, 1.82) is 0 Å². The van der Waals surface area contributed by atoms with E-state index in [-0.39, 0.29) is 0 Å². The lowest BCUT2D eigenvalue weighted by Crippen LogP contribution is -1.95. The highest BCUT2D eigenvalue weighted by Gasteiger charge is 2.21. The van der Waals surface area contributed by atoms with E-state index in [4.69, 9.17) is 9.47 Å². The third-order valence-electron chi connectivity index (χ3n) is 3.12. The molecule has 2 heterocycles. The summed E-state index contributed by atoms with van der Waals surface area (Å²) < 4.78 is 13.0. The van der Waals surface area contributed by atoms with Crippen LogP contribution in [-0.2, 0) is 13.0 Å². The van der Waals surface area contributed by atoms with Crippen LogP contribution in [-0.4, -0.2) is 23.8 Å². The van der Waals surface area contributed by atoms with Gasteiger partial charge in [-0.1, -0.05) is 0 Å². The number of aromatic nitrogens is 2. The number of benzene rings is 1. The van der Waals surface area contributed by atoms with Crippen LogP contribution in [0.4, 0.5) is 0 Å². The van der Waals surface area contributed by atoms with Crippen LogP contribution < -0.4 is 9.47 Å². The molecule has 0 aliphatic carbocycles. The first-order valence-electron chi connectivity index (χ1n) is 5.45. The second-order valence-electron chi connectivity index (χ2n) is 3.95. The summed E-state index contributed by atoms with van der Waals surface area (Å²) in [5, 5.41) is 0. The molecule has 1 aliphatic rings. The number of fused-ring (bicyclic) bond motifs is 3. The molecule has 0 bridgehead atoms. The van der Waals surface area contributed by atoms with Gasteiger partial charge in [-0.05, 0) is 18.6 Å². The van der Waals surface area contributed by atoms with Crippen LogP contribution in [0.5, 0.6) is 11.5 Å².